The predicted molar refractivity (Wildman–Crippen MR) is 180 cm³/mol. The Balaban J connectivity index is 1.24. The van der Waals surface area contributed by atoms with Crippen LogP contribution in [0.3, 0.4) is 0 Å². The summed E-state index contributed by atoms with van der Waals surface area (Å²) in [5, 5.41) is 0. The number of ether oxygens (including phenoxy) is 6. The molecule has 0 radical (unpaired) electrons. The molecule has 0 aliphatic heterocycles. The van der Waals surface area contributed by atoms with Gasteiger partial charge in [-0.25, -0.2) is 28.0 Å². The van der Waals surface area contributed by atoms with Crippen molar-refractivity contribution in [3.8, 4) is 34.1 Å². The SMILES string of the molecule is C=C(C)C(=O)OCOc1ccc(C(=O)Oc2ccc3c(c2)C(C)(C)c2cc(OC(=O)c4ccc(OCOC(=O)C(=C)C)cc4F)ccc2-3)c(F)c1. The lowest BCUT2D eigenvalue weighted by molar-refractivity contribution is -0.146. The largest absolute Gasteiger partial charge is 0.457 e. The summed E-state index contributed by atoms with van der Waals surface area (Å²) in [6.45, 7) is 12.8. The molecule has 0 spiro atoms. The minimum Gasteiger partial charge on any atom is -0.457 e. The van der Waals surface area contributed by atoms with Gasteiger partial charge in [-0.1, -0.05) is 39.1 Å². The summed E-state index contributed by atoms with van der Waals surface area (Å²) in [5.74, 6) is -4.57. The molecule has 10 nitrogen and oxygen atoms in total. The number of rotatable bonds is 12. The number of esters is 4. The lowest BCUT2D eigenvalue weighted by Crippen LogP contribution is -2.17. The minimum absolute atomic E-state index is 0.0362. The molecule has 0 aromatic heterocycles. The van der Waals surface area contributed by atoms with Crippen LogP contribution in [0.25, 0.3) is 11.1 Å². The van der Waals surface area contributed by atoms with Gasteiger partial charge in [0.05, 0.1) is 11.1 Å². The van der Waals surface area contributed by atoms with Crippen molar-refractivity contribution in [3.63, 3.8) is 0 Å². The maximum atomic E-state index is 14.8. The highest BCUT2D eigenvalue weighted by molar-refractivity contribution is 5.93. The van der Waals surface area contributed by atoms with Gasteiger partial charge in [0.25, 0.3) is 0 Å². The number of carbonyl (C=O) groups excluding carboxylic acids is 4. The van der Waals surface area contributed by atoms with Crippen molar-refractivity contribution in [2.75, 3.05) is 13.6 Å². The molecule has 0 atom stereocenters. The third-order valence-electron chi connectivity index (χ3n) is 7.89. The van der Waals surface area contributed by atoms with Crippen molar-refractivity contribution in [2.24, 2.45) is 0 Å². The van der Waals surface area contributed by atoms with Crippen molar-refractivity contribution < 1.29 is 56.4 Å². The van der Waals surface area contributed by atoms with Crippen LogP contribution in [0.4, 0.5) is 8.78 Å². The Morgan fingerprint density at radius 2 is 0.961 bits per heavy atom. The lowest BCUT2D eigenvalue weighted by atomic mass is 9.82. The maximum Gasteiger partial charge on any atom is 0.346 e. The van der Waals surface area contributed by atoms with Crippen LogP contribution in [0, 0.1) is 11.6 Å². The molecule has 51 heavy (non-hydrogen) atoms. The Bertz CT molecular complexity index is 1950. The zero-order chi connectivity index (χ0) is 37.0. The average molecular weight is 699 g/mol. The maximum absolute atomic E-state index is 14.8. The van der Waals surface area contributed by atoms with Crippen LogP contribution < -0.4 is 18.9 Å². The van der Waals surface area contributed by atoms with Gasteiger partial charge in [-0.2, -0.15) is 0 Å². The minimum atomic E-state index is -0.937. The molecular weight excluding hydrogens is 666 g/mol. The Morgan fingerprint density at radius 3 is 1.31 bits per heavy atom. The monoisotopic (exact) mass is 698 g/mol. The van der Waals surface area contributed by atoms with Crippen LogP contribution in [-0.4, -0.2) is 37.5 Å². The first-order valence-corrected chi connectivity index (χ1v) is 15.4. The summed E-state index contributed by atoms with van der Waals surface area (Å²) >= 11 is 0. The van der Waals surface area contributed by atoms with E-state index in [9.17, 15) is 28.0 Å². The van der Waals surface area contributed by atoms with Gasteiger partial charge in [0.15, 0.2) is 0 Å². The third kappa shape index (κ3) is 7.96. The van der Waals surface area contributed by atoms with Crippen LogP contribution in [0.5, 0.6) is 23.0 Å². The average Bonchev–Trinajstić information content (AvgIpc) is 3.29. The highest BCUT2D eigenvalue weighted by Gasteiger charge is 2.36. The van der Waals surface area contributed by atoms with E-state index in [4.69, 9.17) is 28.4 Å². The fraction of sp³-hybridized carbons (Fsp3) is 0.179. The zero-order valence-electron chi connectivity index (χ0n) is 28.1. The molecule has 12 heteroatoms. The molecule has 4 aromatic rings. The molecule has 1 aliphatic rings. The summed E-state index contributed by atoms with van der Waals surface area (Å²) in [5.41, 5.74) is 2.35. The molecule has 0 saturated carbocycles. The van der Waals surface area contributed by atoms with Crippen molar-refractivity contribution >= 4 is 23.9 Å². The van der Waals surface area contributed by atoms with Crippen LogP contribution in [0.2, 0.25) is 0 Å². The van der Waals surface area contributed by atoms with Crippen LogP contribution in [0.1, 0.15) is 59.5 Å². The summed E-state index contributed by atoms with van der Waals surface area (Å²) in [6, 6.07) is 17.1. The van der Waals surface area contributed by atoms with Gasteiger partial charge in [-0.15, -0.1) is 0 Å². The van der Waals surface area contributed by atoms with E-state index in [-0.39, 0.29) is 45.3 Å². The fourth-order valence-corrected chi connectivity index (χ4v) is 5.20. The quantitative estimate of drug-likeness (QED) is 0.0632. The Morgan fingerprint density at radius 1 is 0.588 bits per heavy atom. The molecule has 0 unspecified atom stereocenters. The van der Waals surface area contributed by atoms with E-state index in [0.29, 0.717) is 0 Å². The summed E-state index contributed by atoms with van der Waals surface area (Å²) in [4.78, 5) is 48.8. The van der Waals surface area contributed by atoms with E-state index in [2.05, 4.69) is 13.2 Å². The van der Waals surface area contributed by atoms with Gasteiger partial charge in [0, 0.05) is 28.7 Å². The van der Waals surface area contributed by atoms with Crippen molar-refractivity contribution in [3.05, 3.63) is 131 Å². The number of halogens is 2. The highest BCUT2D eigenvalue weighted by Crippen LogP contribution is 2.50. The second kappa shape index (κ2) is 14.7. The molecule has 0 bridgehead atoms. The molecule has 0 amide bonds. The number of carbonyl (C=O) groups is 4. The summed E-state index contributed by atoms with van der Waals surface area (Å²) < 4.78 is 60.8. The Labute approximate surface area is 291 Å². The normalized spacial score (nSPS) is 12.1. The molecule has 0 N–H and O–H groups in total. The molecule has 1 aliphatic carbocycles. The Kier molecular flexibility index (Phi) is 10.4. The van der Waals surface area contributed by atoms with Gasteiger partial charge < -0.3 is 28.4 Å². The molecular formula is C39H32F2O10. The number of benzene rings is 4. The first kappa shape index (κ1) is 36.0. The highest BCUT2D eigenvalue weighted by atomic mass is 19.1. The topological polar surface area (TPSA) is 124 Å². The predicted octanol–water partition coefficient (Wildman–Crippen LogP) is 7.62. The van der Waals surface area contributed by atoms with E-state index in [1.54, 1.807) is 36.4 Å². The van der Waals surface area contributed by atoms with Gasteiger partial charge in [-0.05, 0) is 84.6 Å². The van der Waals surface area contributed by atoms with Crippen LogP contribution in [0.15, 0.2) is 97.1 Å². The van der Waals surface area contributed by atoms with E-state index < -0.39 is 54.5 Å². The number of hydrogen-bond acceptors (Lipinski definition) is 10. The molecule has 4 aromatic carbocycles. The molecule has 0 heterocycles. The van der Waals surface area contributed by atoms with Gasteiger partial charge in [-0.3, -0.25) is 0 Å². The van der Waals surface area contributed by atoms with Crippen molar-refractivity contribution in [1.29, 1.82) is 0 Å². The van der Waals surface area contributed by atoms with Crippen molar-refractivity contribution in [2.45, 2.75) is 33.1 Å². The fourth-order valence-electron chi connectivity index (χ4n) is 5.20. The van der Waals surface area contributed by atoms with Crippen LogP contribution in [-0.2, 0) is 24.5 Å². The standard InChI is InChI=1S/C39H32F2O10/c1-21(2)35(42)48-19-46-23-7-13-29(33(40)17-23)37(44)50-25-9-11-27-28-12-10-26(16-32(28)39(5,6)31(27)15-25)51-38(45)30-14-8-24(18-34(30)41)47-20-49-36(43)22(3)4/h7-18H,1,3,19-20H2,2,4-6H3. The Hall–Kier alpha value is -6.30. The van der Waals surface area contributed by atoms with Crippen molar-refractivity contribution in [1.82, 2.24) is 0 Å². The van der Waals surface area contributed by atoms with E-state index in [0.717, 1.165) is 34.4 Å². The molecule has 0 saturated heterocycles. The molecule has 262 valence electrons. The van der Waals surface area contributed by atoms with E-state index in [1.165, 1.54) is 38.1 Å². The summed E-state index contributed by atoms with van der Waals surface area (Å²) in [6.07, 6.45) is 0. The zero-order valence-corrected chi connectivity index (χ0v) is 28.1. The lowest BCUT2D eigenvalue weighted by Gasteiger charge is -2.22. The first-order valence-electron chi connectivity index (χ1n) is 15.4. The van der Waals surface area contributed by atoms with E-state index >= 15 is 0 Å². The number of fused-ring (bicyclic) bond motifs is 3. The van der Waals surface area contributed by atoms with Crippen LogP contribution >= 0.6 is 0 Å². The molecule has 0 fully saturated rings. The number of hydrogen-bond donors (Lipinski definition) is 0. The summed E-state index contributed by atoms with van der Waals surface area (Å²) in [7, 11) is 0. The molecule has 5 rings (SSSR count). The smallest absolute Gasteiger partial charge is 0.346 e. The van der Waals surface area contributed by atoms with Gasteiger partial charge in [0.2, 0.25) is 13.6 Å². The van der Waals surface area contributed by atoms with Gasteiger partial charge >= 0.3 is 23.9 Å². The van der Waals surface area contributed by atoms with E-state index in [1.807, 2.05) is 13.8 Å². The third-order valence-corrected chi connectivity index (χ3v) is 7.89. The second-order valence-corrected chi connectivity index (χ2v) is 12.1. The second-order valence-electron chi connectivity index (χ2n) is 12.1. The van der Waals surface area contributed by atoms with Gasteiger partial charge in [0.1, 0.15) is 34.6 Å². The first-order chi connectivity index (χ1) is 24.1.